The summed E-state index contributed by atoms with van der Waals surface area (Å²) in [6.45, 7) is 2.56. The topological polar surface area (TPSA) is 67.7 Å². The lowest BCUT2D eigenvalue weighted by molar-refractivity contribution is 0.0593. The van der Waals surface area contributed by atoms with E-state index in [-0.39, 0.29) is 5.97 Å². The van der Waals surface area contributed by atoms with Gasteiger partial charge >= 0.3 is 5.97 Å². The number of carbonyl (C=O) groups excluding carboxylic acids is 1. The number of ether oxygens (including phenoxy) is 1. The molecule has 1 aromatic carbocycles. The van der Waals surface area contributed by atoms with Crippen LogP contribution >= 0.6 is 0 Å². The molecule has 0 saturated heterocycles. The molecule has 0 bridgehead atoms. The number of methoxy groups -OCH3 is 1. The summed E-state index contributed by atoms with van der Waals surface area (Å²) in [5.41, 5.74) is 5.90. The molecule has 0 radical (unpaired) electrons. The first-order valence-electron chi connectivity index (χ1n) is 8.36. The number of pyridine rings is 1. The molecule has 2 aromatic heterocycles. The number of nitrogens with zero attached hydrogens (tertiary/aromatic N) is 2. The molecule has 25 heavy (non-hydrogen) atoms. The molecule has 2 N–H and O–H groups in total. The Morgan fingerprint density at radius 3 is 3.16 bits per heavy atom. The van der Waals surface area contributed by atoms with Gasteiger partial charge in [-0.05, 0) is 41.8 Å². The van der Waals surface area contributed by atoms with Gasteiger partial charge < -0.3 is 15.4 Å². The zero-order valence-corrected chi connectivity index (χ0v) is 14.1. The Morgan fingerprint density at radius 1 is 1.36 bits per heavy atom. The Hall–Kier alpha value is -2.86. The second-order valence-electron chi connectivity index (χ2n) is 6.08. The molecule has 1 aliphatic rings. The SMILES string of the molecule is COC(=O)c1c(NCc2cccc3c2CNCC3)ccc2nccn12. The molecule has 0 saturated carbocycles. The first-order valence-corrected chi connectivity index (χ1v) is 8.36. The van der Waals surface area contributed by atoms with Gasteiger partial charge in [0, 0.05) is 25.5 Å². The lowest BCUT2D eigenvalue weighted by atomic mass is 9.96. The number of rotatable bonds is 4. The predicted octanol–water partition coefficient (Wildman–Crippen LogP) is 2.38. The molecule has 0 fully saturated rings. The highest BCUT2D eigenvalue weighted by atomic mass is 16.5. The van der Waals surface area contributed by atoms with E-state index < -0.39 is 0 Å². The Morgan fingerprint density at radius 2 is 2.28 bits per heavy atom. The molecule has 1 aliphatic heterocycles. The van der Waals surface area contributed by atoms with Crippen molar-refractivity contribution in [1.82, 2.24) is 14.7 Å². The summed E-state index contributed by atoms with van der Waals surface area (Å²) >= 11 is 0. The Balaban J connectivity index is 1.67. The van der Waals surface area contributed by atoms with Crippen LogP contribution in [-0.4, -0.2) is 29.0 Å². The van der Waals surface area contributed by atoms with E-state index >= 15 is 0 Å². The lowest BCUT2D eigenvalue weighted by Crippen LogP contribution is -2.25. The number of imidazole rings is 1. The first kappa shape index (κ1) is 15.7. The first-order chi connectivity index (χ1) is 12.3. The summed E-state index contributed by atoms with van der Waals surface area (Å²) in [6.07, 6.45) is 4.49. The molecule has 0 atom stereocenters. The molecular formula is C19H20N4O2. The van der Waals surface area contributed by atoms with Crippen LogP contribution in [0, 0.1) is 0 Å². The number of aromatic nitrogens is 2. The van der Waals surface area contributed by atoms with Gasteiger partial charge in [0.1, 0.15) is 5.65 Å². The monoisotopic (exact) mass is 336 g/mol. The van der Waals surface area contributed by atoms with Gasteiger partial charge in [0.25, 0.3) is 0 Å². The highest BCUT2D eigenvalue weighted by molar-refractivity contribution is 5.94. The number of nitrogens with one attached hydrogen (secondary N) is 2. The van der Waals surface area contributed by atoms with Crippen LogP contribution in [-0.2, 0) is 24.2 Å². The van der Waals surface area contributed by atoms with E-state index in [1.165, 1.54) is 23.8 Å². The van der Waals surface area contributed by atoms with Crippen molar-refractivity contribution < 1.29 is 9.53 Å². The van der Waals surface area contributed by atoms with Crippen LogP contribution in [0.1, 0.15) is 27.2 Å². The van der Waals surface area contributed by atoms with Gasteiger partial charge in [0.2, 0.25) is 0 Å². The third kappa shape index (κ3) is 2.85. The van der Waals surface area contributed by atoms with E-state index in [2.05, 4.69) is 33.8 Å². The van der Waals surface area contributed by atoms with E-state index in [1.807, 2.05) is 12.1 Å². The quantitative estimate of drug-likeness (QED) is 0.716. The summed E-state index contributed by atoms with van der Waals surface area (Å²) in [4.78, 5) is 16.5. The fraction of sp³-hybridized carbons (Fsp3) is 0.263. The number of fused-ring (bicyclic) bond motifs is 2. The highest BCUT2D eigenvalue weighted by Crippen LogP contribution is 2.23. The number of esters is 1. The fourth-order valence-electron chi connectivity index (χ4n) is 3.38. The normalized spacial score (nSPS) is 13.5. The van der Waals surface area contributed by atoms with Gasteiger partial charge in [-0.25, -0.2) is 9.78 Å². The van der Waals surface area contributed by atoms with Crippen molar-refractivity contribution in [2.75, 3.05) is 19.0 Å². The Bertz CT molecular complexity index is 932. The number of benzene rings is 1. The van der Waals surface area contributed by atoms with Crippen molar-refractivity contribution >= 4 is 17.3 Å². The molecule has 3 aromatic rings. The smallest absolute Gasteiger partial charge is 0.357 e. The number of hydrogen-bond acceptors (Lipinski definition) is 5. The van der Waals surface area contributed by atoms with E-state index in [9.17, 15) is 4.79 Å². The molecule has 0 unspecified atom stereocenters. The third-order valence-corrected chi connectivity index (χ3v) is 4.66. The fourth-order valence-corrected chi connectivity index (χ4v) is 3.38. The minimum atomic E-state index is -0.386. The van der Waals surface area contributed by atoms with E-state index in [1.54, 1.807) is 16.8 Å². The second kappa shape index (κ2) is 6.57. The van der Waals surface area contributed by atoms with Gasteiger partial charge in [0.05, 0.1) is 12.8 Å². The van der Waals surface area contributed by atoms with Crippen molar-refractivity contribution in [2.24, 2.45) is 0 Å². The molecule has 0 amide bonds. The van der Waals surface area contributed by atoms with Crippen molar-refractivity contribution in [3.8, 4) is 0 Å². The molecule has 128 valence electrons. The lowest BCUT2D eigenvalue weighted by Gasteiger charge is -2.21. The molecule has 3 heterocycles. The van der Waals surface area contributed by atoms with Crippen LogP contribution in [0.3, 0.4) is 0 Å². The maximum Gasteiger partial charge on any atom is 0.357 e. The Kier molecular flexibility index (Phi) is 4.11. The van der Waals surface area contributed by atoms with Crippen LogP contribution in [0.4, 0.5) is 5.69 Å². The summed E-state index contributed by atoms with van der Waals surface area (Å²) < 4.78 is 6.71. The average Bonchev–Trinajstić information content (AvgIpc) is 3.14. The zero-order valence-electron chi connectivity index (χ0n) is 14.1. The molecule has 0 aliphatic carbocycles. The summed E-state index contributed by atoms with van der Waals surface area (Å²) in [7, 11) is 1.39. The number of anilines is 1. The maximum atomic E-state index is 12.3. The highest BCUT2D eigenvalue weighted by Gasteiger charge is 2.18. The van der Waals surface area contributed by atoms with E-state index in [4.69, 9.17) is 4.74 Å². The average molecular weight is 336 g/mol. The standard InChI is InChI=1S/C19H20N4O2/c1-25-19(24)18-16(5-6-17-21-9-10-23(17)18)22-11-14-4-2-3-13-7-8-20-12-15(13)14/h2-6,9-10,20,22H,7-8,11-12H2,1H3. The summed E-state index contributed by atoms with van der Waals surface area (Å²) in [5.74, 6) is -0.386. The minimum absolute atomic E-state index is 0.386. The Labute approximate surface area is 145 Å². The van der Waals surface area contributed by atoms with Gasteiger partial charge in [-0.15, -0.1) is 0 Å². The number of hydrogen-bond donors (Lipinski definition) is 2. The van der Waals surface area contributed by atoms with Crippen molar-refractivity contribution in [1.29, 1.82) is 0 Å². The largest absolute Gasteiger partial charge is 0.464 e. The molecular weight excluding hydrogens is 316 g/mol. The summed E-state index contributed by atoms with van der Waals surface area (Å²) in [6, 6.07) is 10.2. The maximum absolute atomic E-state index is 12.3. The van der Waals surface area contributed by atoms with E-state index in [0.29, 0.717) is 17.9 Å². The zero-order chi connectivity index (χ0) is 17.2. The number of carbonyl (C=O) groups is 1. The molecule has 0 spiro atoms. The van der Waals surface area contributed by atoms with Crippen LogP contribution in [0.25, 0.3) is 5.65 Å². The van der Waals surface area contributed by atoms with Crippen molar-refractivity contribution in [2.45, 2.75) is 19.5 Å². The van der Waals surface area contributed by atoms with Crippen molar-refractivity contribution in [3.63, 3.8) is 0 Å². The third-order valence-electron chi connectivity index (χ3n) is 4.66. The minimum Gasteiger partial charge on any atom is -0.464 e. The van der Waals surface area contributed by atoms with Crippen molar-refractivity contribution in [3.05, 3.63) is 65.1 Å². The van der Waals surface area contributed by atoms with Gasteiger partial charge in [-0.2, -0.15) is 0 Å². The van der Waals surface area contributed by atoms with Gasteiger partial charge in [-0.1, -0.05) is 18.2 Å². The molecule has 4 rings (SSSR count). The van der Waals surface area contributed by atoms with Crippen LogP contribution < -0.4 is 10.6 Å². The second-order valence-corrected chi connectivity index (χ2v) is 6.08. The van der Waals surface area contributed by atoms with E-state index in [0.717, 1.165) is 25.2 Å². The molecule has 6 nitrogen and oxygen atoms in total. The van der Waals surface area contributed by atoms with Crippen LogP contribution in [0.5, 0.6) is 0 Å². The van der Waals surface area contributed by atoms with Crippen LogP contribution in [0.2, 0.25) is 0 Å². The van der Waals surface area contributed by atoms with Crippen LogP contribution in [0.15, 0.2) is 42.7 Å². The van der Waals surface area contributed by atoms with Gasteiger partial charge in [0.15, 0.2) is 5.69 Å². The van der Waals surface area contributed by atoms with Gasteiger partial charge in [-0.3, -0.25) is 4.40 Å². The summed E-state index contributed by atoms with van der Waals surface area (Å²) in [5, 5.41) is 6.82. The molecule has 6 heteroatoms. The predicted molar refractivity (Wildman–Crippen MR) is 95.7 cm³/mol.